The predicted octanol–water partition coefficient (Wildman–Crippen LogP) is 2.19. The van der Waals surface area contributed by atoms with Crippen LogP contribution in [0.3, 0.4) is 0 Å². The summed E-state index contributed by atoms with van der Waals surface area (Å²) in [5.41, 5.74) is 0.391. The van der Waals surface area contributed by atoms with E-state index in [1.54, 1.807) is 0 Å². The van der Waals surface area contributed by atoms with Crippen molar-refractivity contribution < 1.29 is 36.2 Å². The predicted molar refractivity (Wildman–Crippen MR) is 94.1 cm³/mol. The van der Waals surface area contributed by atoms with E-state index in [0.29, 0.717) is 0 Å². The summed E-state index contributed by atoms with van der Waals surface area (Å²) in [6, 6.07) is 9.05. The standard InChI is InChI=1S/C17H16F2N2O6S/c1-25-9-8-20-28(23,24)13-5-2-11(3-6-13)16(22)21-12-4-7-14-15(10-12)27-17(18,19)26-14/h2-7,10,20H,8-9H2,1H3,(H,21,22). The molecule has 28 heavy (non-hydrogen) atoms. The summed E-state index contributed by atoms with van der Waals surface area (Å²) in [5, 5.41) is 2.51. The fourth-order valence-electron chi connectivity index (χ4n) is 2.38. The molecule has 0 radical (unpaired) electrons. The Morgan fingerprint density at radius 2 is 1.79 bits per heavy atom. The molecule has 3 rings (SSSR count). The summed E-state index contributed by atoms with van der Waals surface area (Å²) < 4.78 is 66.0. The van der Waals surface area contributed by atoms with Gasteiger partial charge in [-0.1, -0.05) is 0 Å². The molecule has 1 amide bonds. The molecule has 0 saturated heterocycles. The van der Waals surface area contributed by atoms with Crippen LogP contribution in [0, 0.1) is 0 Å². The maximum Gasteiger partial charge on any atom is 0.586 e. The minimum Gasteiger partial charge on any atom is -0.395 e. The number of ether oxygens (including phenoxy) is 3. The first kappa shape index (κ1) is 20.0. The van der Waals surface area contributed by atoms with Crippen molar-refractivity contribution in [2.24, 2.45) is 0 Å². The summed E-state index contributed by atoms with van der Waals surface area (Å²) in [6.07, 6.45) is -3.75. The molecule has 8 nitrogen and oxygen atoms in total. The van der Waals surface area contributed by atoms with Gasteiger partial charge >= 0.3 is 6.29 Å². The number of sulfonamides is 1. The maximum atomic E-state index is 13.0. The molecule has 0 unspecified atom stereocenters. The molecule has 0 aromatic heterocycles. The van der Waals surface area contributed by atoms with E-state index in [1.807, 2.05) is 0 Å². The number of carbonyl (C=O) groups excluding carboxylic acids is 1. The van der Waals surface area contributed by atoms with Gasteiger partial charge in [0.25, 0.3) is 5.91 Å². The Kier molecular flexibility index (Phi) is 5.49. The van der Waals surface area contributed by atoms with Gasteiger partial charge in [0.1, 0.15) is 0 Å². The molecule has 0 bridgehead atoms. The fourth-order valence-corrected chi connectivity index (χ4v) is 3.39. The number of rotatable bonds is 7. The Labute approximate surface area is 159 Å². The zero-order valence-corrected chi connectivity index (χ0v) is 15.4. The molecular formula is C17H16F2N2O6S. The molecule has 1 aliphatic heterocycles. The first-order valence-electron chi connectivity index (χ1n) is 8.00. The highest BCUT2D eigenvalue weighted by atomic mass is 32.2. The van der Waals surface area contributed by atoms with E-state index in [2.05, 4.69) is 19.5 Å². The normalized spacial score (nSPS) is 14.7. The molecule has 1 aliphatic rings. The van der Waals surface area contributed by atoms with Crippen LogP contribution in [-0.4, -0.2) is 40.9 Å². The van der Waals surface area contributed by atoms with Gasteiger partial charge in [-0.3, -0.25) is 4.79 Å². The van der Waals surface area contributed by atoms with E-state index in [0.717, 1.165) is 0 Å². The van der Waals surface area contributed by atoms with Crippen molar-refractivity contribution in [3.8, 4) is 11.5 Å². The molecule has 0 fully saturated rings. The van der Waals surface area contributed by atoms with Gasteiger partial charge in [0, 0.05) is 31.0 Å². The molecular weight excluding hydrogens is 398 g/mol. The van der Waals surface area contributed by atoms with Crippen molar-refractivity contribution in [2.75, 3.05) is 25.6 Å². The minimum absolute atomic E-state index is 0.00883. The molecule has 2 N–H and O–H groups in total. The quantitative estimate of drug-likeness (QED) is 0.674. The van der Waals surface area contributed by atoms with Crippen molar-refractivity contribution in [1.29, 1.82) is 0 Å². The average molecular weight is 414 g/mol. The smallest absolute Gasteiger partial charge is 0.395 e. The lowest BCUT2D eigenvalue weighted by atomic mass is 10.2. The van der Waals surface area contributed by atoms with Crippen molar-refractivity contribution >= 4 is 21.6 Å². The van der Waals surface area contributed by atoms with Crippen molar-refractivity contribution in [3.05, 3.63) is 48.0 Å². The Balaban J connectivity index is 1.67. The lowest BCUT2D eigenvalue weighted by Gasteiger charge is -2.08. The molecule has 2 aromatic carbocycles. The van der Waals surface area contributed by atoms with E-state index < -0.39 is 22.2 Å². The number of carbonyl (C=O) groups is 1. The van der Waals surface area contributed by atoms with E-state index in [1.165, 1.54) is 49.6 Å². The van der Waals surface area contributed by atoms with Gasteiger partial charge in [-0.15, -0.1) is 8.78 Å². The Morgan fingerprint density at radius 3 is 2.46 bits per heavy atom. The Morgan fingerprint density at radius 1 is 1.11 bits per heavy atom. The molecule has 0 aliphatic carbocycles. The van der Waals surface area contributed by atoms with Gasteiger partial charge in [0.05, 0.1) is 11.5 Å². The summed E-state index contributed by atoms with van der Waals surface area (Å²) in [5.74, 6) is -0.896. The number of alkyl halides is 2. The molecule has 150 valence electrons. The second-order valence-electron chi connectivity index (χ2n) is 5.70. The summed E-state index contributed by atoms with van der Waals surface area (Å²) in [6.45, 7) is 0.339. The fraction of sp³-hybridized carbons (Fsp3) is 0.235. The zero-order valence-electron chi connectivity index (χ0n) is 14.6. The Hall–Kier alpha value is -2.76. The number of halogens is 2. The first-order valence-corrected chi connectivity index (χ1v) is 9.48. The minimum atomic E-state index is -3.75. The number of benzene rings is 2. The number of methoxy groups -OCH3 is 1. The highest BCUT2D eigenvalue weighted by molar-refractivity contribution is 7.89. The molecule has 0 atom stereocenters. The van der Waals surface area contributed by atoms with Crippen molar-refractivity contribution in [3.63, 3.8) is 0 Å². The largest absolute Gasteiger partial charge is 0.586 e. The number of hydrogen-bond acceptors (Lipinski definition) is 6. The van der Waals surface area contributed by atoms with Gasteiger partial charge in [-0.2, -0.15) is 0 Å². The third kappa shape index (κ3) is 4.55. The lowest BCUT2D eigenvalue weighted by molar-refractivity contribution is -0.286. The number of fused-ring (bicyclic) bond motifs is 1. The average Bonchev–Trinajstić information content (AvgIpc) is 2.95. The SMILES string of the molecule is COCCNS(=O)(=O)c1ccc(C(=O)Nc2ccc3c(c2)OC(F)(F)O3)cc1. The molecule has 11 heteroatoms. The monoisotopic (exact) mass is 414 g/mol. The lowest BCUT2D eigenvalue weighted by Crippen LogP contribution is -2.27. The Bertz CT molecular complexity index is 980. The van der Waals surface area contributed by atoms with Gasteiger partial charge < -0.3 is 19.5 Å². The summed E-state index contributed by atoms with van der Waals surface area (Å²) in [7, 11) is -2.26. The van der Waals surface area contributed by atoms with Gasteiger partial charge in [0.15, 0.2) is 11.5 Å². The van der Waals surface area contributed by atoms with Gasteiger partial charge in [-0.05, 0) is 36.4 Å². The van der Waals surface area contributed by atoms with Crippen LogP contribution in [0.25, 0.3) is 0 Å². The summed E-state index contributed by atoms with van der Waals surface area (Å²) >= 11 is 0. The van der Waals surface area contributed by atoms with Gasteiger partial charge in [-0.25, -0.2) is 13.1 Å². The van der Waals surface area contributed by atoms with Crippen LogP contribution in [-0.2, 0) is 14.8 Å². The number of nitrogens with one attached hydrogen (secondary N) is 2. The van der Waals surface area contributed by atoms with Crippen LogP contribution < -0.4 is 19.5 Å². The third-order valence-electron chi connectivity index (χ3n) is 3.68. The van der Waals surface area contributed by atoms with Gasteiger partial charge in [0.2, 0.25) is 10.0 Å². The zero-order chi connectivity index (χ0) is 20.4. The maximum absolute atomic E-state index is 13.0. The van der Waals surface area contributed by atoms with Crippen LogP contribution in [0.15, 0.2) is 47.4 Å². The van der Waals surface area contributed by atoms with E-state index in [4.69, 9.17) is 4.74 Å². The number of anilines is 1. The second-order valence-corrected chi connectivity index (χ2v) is 7.47. The molecule has 1 heterocycles. The van der Waals surface area contributed by atoms with E-state index in [9.17, 15) is 22.0 Å². The number of hydrogen-bond donors (Lipinski definition) is 2. The summed E-state index contributed by atoms with van der Waals surface area (Å²) in [4.78, 5) is 12.3. The van der Waals surface area contributed by atoms with E-state index in [-0.39, 0.29) is 40.8 Å². The van der Waals surface area contributed by atoms with Crippen LogP contribution >= 0.6 is 0 Å². The van der Waals surface area contributed by atoms with Crippen LogP contribution in [0.5, 0.6) is 11.5 Å². The molecule has 2 aromatic rings. The number of amides is 1. The highest BCUT2D eigenvalue weighted by Crippen LogP contribution is 2.42. The van der Waals surface area contributed by atoms with Crippen molar-refractivity contribution in [2.45, 2.75) is 11.2 Å². The second kappa shape index (κ2) is 7.70. The topological polar surface area (TPSA) is 103 Å². The first-order chi connectivity index (χ1) is 13.2. The van der Waals surface area contributed by atoms with Crippen LogP contribution in [0.2, 0.25) is 0 Å². The molecule has 0 spiro atoms. The van der Waals surface area contributed by atoms with Crippen LogP contribution in [0.4, 0.5) is 14.5 Å². The third-order valence-corrected chi connectivity index (χ3v) is 5.16. The molecule has 0 saturated carbocycles. The van der Waals surface area contributed by atoms with E-state index >= 15 is 0 Å². The van der Waals surface area contributed by atoms with Crippen molar-refractivity contribution in [1.82, 2.24) is 4.72 Å². The van der Waals surface area contributed by atoms with Crippen LogP contribution in [0.1, 0.15) is 10.4 Å². The highest BCUT2D eigenvalue weighted by Gasteiger charge is 2.43.